The van der Waals surface area contributed by atoms with E-state index in [9.17, 15) is 9.59 Å². The van der Waals surface area contributed by atoms with E-state index in [1.807, 2.05) is 37.4 Å². The van der Waals surface area contributed by atoms with Crippen LogP contribution in [0.3, 0.4) is 0 Å². The Morgan fingerprint density at radius 3 is 2.57 bits per heavy atom. The maximum Gasteiger partial charge on any atom is 0.275 e. The predicted molar refractivity (Wildman–Crippen MR) is 88.2 cm³/mol. The second-order valence-corrected chi connectivity index (χ2v) is 5.60. The number of nitrogens with one attached hydrogen (secondary N) is 2. The number of carbonyl (C=O) groups is 2. The summed E-state index contributed by atoms with van der Waals surface area (Å²) in [5, 5.41) is 4.74. The molecule has 2 rings (SSSR count). The van der Waals surface area contributed by atoms with E-state index in [0.29, 0.717) is 6.54 Å². The summed E-state index contributed by atoms with van der Waals surface area (Å²) in [6.07, 6.45) is 0. The number of fused-ring (bicyclic) bond motifs is 1. The Labute approximate surface area is 135 Å². The number of nitrogens with two attached hydrogens (primary N) is 1. The molecule has 2 aromatic rings. The lowest BCUT2D eigenvalue weighted by Crippen LogP contribution is -3.08. The predicted octanol–water partition coefficient (Wildman–Crippen LogP) is -0.535. The third-order valence-electron chi connectivity index (χ3n) is 3.54. The average molecular weight is 316 g/mol. The van der Waals surface area contributed by atoms with Crippen molar-refractivity contribution in [2.75, 3.05) is 27.2 Å². The van der Waals surface area contributed by atoms with E-state index >= 15 is 0 Å². The molecule has 6 nitrogen and oxygen atoms in total. The summed E-state index contributed by atoms with van der Waals surface area (Å²) in [5.41, 5.74) is 6.14. The summed E-state index contributed by atoms with van der Waals surface area (Å²) in [7, 11) is 3.58. The van der Waals surface area contributed by atoms with Crippen molar-refractivity contribution in [3.63, 3.8) is 0 Å². The molecule has 0 aromatic heterocycles. The molecular weight excluding hydrogens is 294 g/mol. The zero-order valence-corrected chi connectivity index (χ0v) is 13.4. The van der Waals surface area contributed by atoms with Crippen molar-refractivity contribution in [3.05, 3.63) is 42.0 Å². The number of ether oxygens (including phenoxy) is 1. The first-order valence-electron chi connectivity index (χ1n) is 7.41. The molecule has 2 amide bonds. The number of likely N-dealkylation sites (N-methyl/N-ethyl adjacent to an activating group) is 1. The van der Waals surface area contributed by atoms with Crippen molar-refractivity contribution in [1.82, 2.24) is 5.32 Å². The molecule has 4 N–H and O–H groups in total. The van der Waals surface area contributed by atoms with Gasteiger partial charge in [0.15, 0.2) is 6.54 Å². The van der Waals surface area contributed by atoms with Crippen LogP contribution >= 0.6 is 0 Å². The van der Waals surface area contributed by atoms with Gasteiger partial charge >= 0.3 is 0 Å². The molecule has 2 aromatic carbocycles. The van der Waals surface area contributed by atoms with Gasteiger partial charge in [-0.05, 0) is 29.0 Å². The monoisotopic (exact) mass is 316 g/mol. The number of hydrogen-bond acceptors (Lipinski definition) is 3. The number of rotatable bonds is 7. The summed E-state index contributed by atoms with van der Waals surface area (Å²) in [4.78, 5) is 23.3. The number of carbonyl (C=O) groups excluding carboxylic acids is 2. The van der Waals surface area contributed by atoms with Gasteiger partial charge < -0.3 is 20.7 Å². The van der Waals surface area contributed by atoms with Crippen molar-refractivity contribution < 1.29 is 19.2 Å². The minimum Gasteiger partial charge on any atom is -0.497 e. The van der Waals surface area contributed by atoms with Crippen LogP contribution in [0.25, 0.3) is 10.8 Å². The van der Waals surface area contributed by atoms with Crippen LogP contribution in [-0.2, 0) is 16.1 Å². The third-order valence-corrected chi connectivity index (χ3v) is 3.54. The number of benzene rings is 2. The van der Waals surface area contributed by atoms with Crippen LogP contribution in [0.5, 0.6) is 5.75 Å². The topological polar surface area (TPSA) is 85.9 Å². The number of hydrogen-bond donors (Lipinski definition) is 3. The van der Waals surface area contributed by atoms with Crippen molar-refractivity contribution in [2.45, 2.75) is 6.54 Å². The van der Waals surface area contributed by atoms with E-state index in [-0.39, 0.29) is 19.0 Å². The Morgan fingerprint density at radius 1 is 1.17 bits per heavy atom. The highest BCUT2D eigenvalue weighted by atomic mass is 16.5. The highest BCUT2D eigenvalue weighted by Gasteiger charge is 2.11. The summed E-state index contributed by atoms with van der Waals surface area (Å²) < 4.78 is 5.22. The van der Waals surface area contributed by atoms with E-state index < -0.39 is 5.91 Å². The molecule has 23 heavy (non-hydrogen) atoms. The van der Waals surface area contributed by atoms with Gasteiger partial charge in [0.25, 0.3) is 5.91 Å². The fourth-order valence-corrected chi connectivity index (χ4v) is 2.44. The average Bonchev–Trinajstić information content (AvgIpc) is 2.52. The van der Waals surface area contributed by atoms with Gasteiger partial charge in [-0.3, -0.25) is 9.59 Å². The van der Waals surface area contributed by atoms with Gasteiger partial charge in [0.2, 0.25) is 5.91 Å². The Hall–Kier alpha value is -2.60. The van der Waals surface area contributed by atoms with Gasteiger partial charge in [-0.2, -0.15) is 0 Å². The van der Waals surface area contributed by atoms with Gasteiger partial charge in [0.05, 0.1) is 20.7 Å². The molecule has 0 aliphatic rings. The highest BCUT2D eigenvalue weighted by molar-refractivity contribution is 5.85. The molecule has 122 valence electrons. The van der Waals surface area contributed by atoms with Crippen molar-refractivity contribution in [1.29, 1.82) is 0 Å². The first-order valence-corrected chi connectivity index (χ1v) is 7.41. The normalized spacial score (nSPS) is 11.9. The van der Waals surface area contributed by atoms with Gasteiger partial charge in [-0.1, -0.05) is 18.2 Å². The number of methoxy groups -OCH3 is 1. The number of primary amides is 1. The van der Waals surface area contributed by atoms with Crippen LogP contribution in [0.15, 0.2) is 36.4 Å². The first kappa shape index (κ1) is 16.8. The van der Waals surface area contributed by atoms with Gasteiger partial charge in [0, 0.05) is 5.56 Å². The lowest BCUT2D eigenvalue weighted by molar-refractivity contribution is -0.885. The smallest absolute Gasteiger partial charge is 0.275 e. The molecule has 0 spiro atoms. The molecule has 0 heterocycles. The van der Waals surface area contributed by atoms with E-state index in [0.717, 1.165) is 27.0 Å². The van der Waals surface area contributed by atoms with E-state index in [1.54, 1.807) is 7.11 Å². The van der Waals surface area contributed by atoms with E-state index in [1.165, 1.54) is 0 Å². The SMILES string of the molecule is COc1ccc2cc(C[NH+](C)CC(=O)NCC(N)=O)ccc2c1. The molecule has 0 fully saturated rings. The minimum absolute atomic E-state index is 0.121. The lowest BCUT2D eigenvalue weighted by Gasteiger charge is -2.14. The Morgan fingerprint density at radius 2 is 1.87 bits per heavy atom. The van der Waals surface area contributed by atoms with Crippen molar-refractivity contribution >= 4 is 22.6 Å². The zero-order valence-electron chi connectivity index (χ0n) is 13.4. The zero-order chi connectivity index (χ0) is 16.8. The summed E-state index contributed by atoms with van der Waals surface area (Å²) in [6, 6.07) is 12.2. The van der Waals surface area contributed by atoms with Crippen LogP contribution in [0.2, 0.25) is 0 Å². The molecule has 1 unspecified atom stereocenters. The molecule has 0 bridgehead atoms. The second-order valence-electron chi connectivity index (χ2n) is 5.60. The number of amides is 2. The van der Waals surface area contributed by atoms with Crippen LogP contribution in [0.1, 0.15) is 5.56 Å². The number of quaternary nitrogens is 1. The Balaban J connectivity index is 1.98. The van der Waals surface area contributed by atoms with Gasteiger partial charge in [-0.15, -0.1) is 0 Å². The highest BCUT2D eigenvalue weighted by Crippen LogP contribution is 2.21. The maximum atomic E-state index is 11.7. The van der Waals surface area contributed by atoms with Crippen LogP contribution in [-0.4, -0.2) is 39.1 Å². The molecule has 0 radical (unpaired) electrons. The standard InChI is InChI=1S/C17H21N3O3/c1-20(11-17(22)19-9-16(18)21)10-12-3-4-14-8-15(23-2)6-5-13(14)7-12/h3-8H,9-11H2,1-2H3,(H2,18,21)(H,19,22)/p+1. The van der Waals surface area contributed by atoms with Crippen LogP contribution < -0.4 is 20.7 Å². The maximum absolute atomic E-state index is 11.7. The quantitative estimate of drug-likeness (QED) is 0.641. The molecule has 0 saturated carbocycles. The van der Waals surface area contributed by atoms with Gasteiger partial charge in [-0.25, -0.2) is 0 Å². The molecule has 1 atom stereocenters. The molecule has 0 saturated heterocycles. The molecule has 6 heteroatoms. The Bertz CT molecular complexity index is 715. The van der Waals surface area contributed by atoms with Crippen LogP contribution in [0.4, 0.5) is 0 Å². The first-order chi connectivity index (χ1) is 11.0. The fourth-order valence-electron chi connectivity index (χ4n) is 2.44. The largest absolute Gasteiger partial charge is 0.497 e. The second kappa shape index (κ2) is 7.60. The summed E-state index contributed by atoms with van der Waals surface area (Å²) >= 11 is 0. The third kappa shape index (κ3) is 4.96. The van der Waals surface area contributed by atoms with E-state index in [4.69, 9.17) is 10.5 Å². The van der Waals surface area contributed by atoms with Crippen LogP contribution in [0, 0.1) is 0 Å². The molecule has 0 aliphatic carbocycles. The Kier molecular flexibility index (Phi) is 5.54. The van der Waals surface area contributed by atoms with Gasteiger partial charge in [0.1, 0.15) is 12.3 Å². The fraction of sp³-hybridized carbons (Fsp3) is 0.294. The summed E-state index contributed by atoms with van der Waals surface area (Å²) in [5.74, 6) is 0.104. The lowest BCUT2D eigenvalue weighted by atomic mass is 10.1. The minimum atomic E-state index is -0.541. The van der Waals surface area contributed by atoms with Crippen molar-refractivity contribution in [2.24, 2.45) is 5.73 Å². The summed E-state index contributed by atoms with van der Waals surface area (Å²) in [6.45, 7) is 0.879. The molecular formula is C17H22N3O3+. The van der Waals surface area contributed by atoms with E-state index in [2.05, 4.69) is 11.4 Å². The molecule has 0 aliphatic heterocycles. The van der Waals surface area contributed by atoms with Crippen molar-refractivity contribution in [3.8, 4) is 5.75 Å².